The van der Waals surface area contributed by atoms with E-state index in [0.29, 0.717) is 5.75 Å². The quantitative estimate of drug-likeness (QED) is 0.617. The van der Waals surface area contributed by atoms with Gasteiger partial charge in [0.1, 0.15) is 6.04 Å². The molecule has 1 rings (SSSR count). The third-order valence-corrected chi connectivity index (χ3v) is 3.95. The Morgan fingerprint density at radius 2 is 2.57 bits per heavy atom. The number of methoxy groups -OCH3 is 1. The molecule has 0 aromatic carbocycles. The lowest BCUT2D eigenvalue weighted by molar-refractivity contribution is -0.142. The lowest BCUT2D eigenvalue weighted by Gasteiger charge is -2.11. The highest BCUT2D eigenvalue weighted by Crippen LogP contribution is 2.23. The zero-order chi connectivity index (χ0) is 10.4. The van der Waals surface area contributed by atoms with Crippen molar-refractivity contribution in [1.29, 1.82) is 0 Å². The molecule has 0 bridgehead atoms. The average molecular weight is 231 g/mol. The maximum absolute atomic E-state index is 11.2. The van der Waals surface area contributed by atoms with E-state index in [-0.39, 0.29) is 12.0 Å². The fraction of sp³-hybridized carbons (Fsp3) is 0.444. The van der Waals surface area contributed by atoms with E-state index in [4.69, 9.17) is 0 Å². The summed E-state index contributed by atoms with van der Waals surface area (Å²) in [6.45, 7) is 0. The standard InChI is InChI=1S/C9H13NO2S2/c1-10-7(9(11)12-2)6-14-8-4-3-5-13-8/h3-5,7,10H,6H2,1-2H3. The Labute approximate surface area is 91.8 Å². The SMILES string of the molecule is CNC(CSc1cccs1)C(=O)OC. The maximum atomic E-state index is 11.2. The Kier molecular flexibility index (Phi) is 5.00. The van der Waals surface area contributed by atoms with Gasteiger partial charge < -0.3 is 10.1 Å². The molecule has 0 aliphatic heterocycles. The van der Waals surface area contributed by atoms with Gasteiger partial charge in [0.2, 0.25) is 0 Å². The van der Waals surface area contributed by atoms with Crippen LogP contribution in [0.15, 0.2) is 21.7 Å². The van der Waals surface area contributed by atoms with Gasteiger partial charge in [0.15, 0.2) is 0 Å². The van der Waals surface area contributed by atoms with Crippen LogP contribution in [0.4, 0.5) is 0 Å². The Morgan fingerprint density at radius 3 is 3.07 bits per heavy atom. The topological polar surface area (TPSA) is 38.3 Å². The molecule has 0 fully saturated rings. The number of esters is 1. The molecule has 0 saturated heterocycles. The summed E-state index contributed by atoms with van der Waals surface area (Å²) >= 11 is 3.34. The number of likely N-dealkylation sites (N-methyl/N-ethyl adjacent to an activating group) is 1. The molecule has 1 heterocycles. The van der Waals surface area contributed by atoms with Gasteiger partial charge in [-0.1, -0.05) is 6.07 Å². The van der Waals surface area contributed by atoms with Crippen molar-refractivity contribution in [2.45, 2.75) is 10.3 Å². The van der Waals surface area contributed by atoms with Crippen molar-refractivity contribution in [3.63, 3.8) is 0 Å². The number of carbonyl (C=O) groups excluding carboxylic acids is 1. The highest BCUT2D eigenvalue weighted by atomic mass is 32.2. The largest absolute Gasteiger partial charge is 0.468 e. The van der Waals surface area contributed by atoms with E-state index in [0.717, 1.165) is 0 Å². The number of rotatable bonds is 5. The van der Waals surface area contributed by atoms with E-state index < -0.39 is 0 Å². The first-order valence-electron chi connectivity index (χ1n) is 4.19. The summed E-state index contributed by atoms with van der Waals surface area (Å²) in [5.74, 6) is 0.487. The third kappa shape index (κ3) is 3.32. The van der Waals surface area contributed by atoms with Crippen molar-refractivity contribution >= 4 is 29.1 Å². The smallest absolute Gasteiger partial charge is 0.323 e. The second-order valence-electron chi connectivity index (χ2n) is 2.61. The van der Waals surface area contributed by atoms with Crippen molar-refractivity contribution in [2.75, 3.05) is 19.9 Å². The van der Waals surface area contributed by atoms with Crippen molar-refractivity contribution in [1.82, 2.24) is 5.32 Å². The highest BCUT2D eigenvalue weighted by Gasteiger charge is 2.16. The number of thiophene rings is 1. The van der Waals surface area contributed by atoms with E-state index >= 15 is 0 Å². The highest BCUT2D eigenvalue weighted by molar-refractivity contribution is 8.01. The summed E-state index contributed by atoms with van der Waals surface area (Å²) < 4.78 is 5.88. The van der Waals surface area contributed by atoms with Gasteiger partial charge in [0.05, 0.1) is 11.3 Å². The number of nitrogens with one attached hydrogen (secondary N) is 1. The molecular weight excluding hydrogens is 218 g/mol. The summed E-state index contributed by atoms with van der Waals surface area (Å²) in [6.07, 6.45) is 0. The van der Waals surface area contributed by atoms with Crippen LogP contribution in [-0.4, -0.2) is 31.9 Å². The summed E-state index contributed by atoms with van der Waals surface area (Å²) in [6, 6.07) is 3.81. The molecule has 5 heteroatoms. The number of thioether (sulfide) groups is 1. The Bertz CT molecular complexity index is 274. The Balaban J connectivity index is 2.38. The molecule has 1 unspecified atom stereocenters. The molecule has 0 aliphatic carbocycles. The predicted molar refractivity (Wildman–Crippen MR) is 59.9 cm³/mol. The van der Waals surface area contributed by atoms with Crippen molar-refractivity contribution in [2.24, 2.45) is 0 Å². The van der Waals surface area contributed by atoms with Crippen LogP contribution in [0.1, 0.15) is 0 Å². The third-order valence-electron chi connectivity index (χ3n) is 1.72. The van der Waals surface area contributed by atoms with E-state index in [1.165, 1.54) is 11.3 Å². The van der Waals surface area contributed by atoms with Crippen LogP contribution < -0.4 is 5.32 Å². The first kappa shape index (κ1) is 11.6. The minimum atomic E-state index is -0.230. The minimum absolute atomic E-state index is 0.212. The molecule has 14 heavy (non-hydrogen) atoms. The van der Waals surface area contributed by atoms with Gasteiger partial charge >= 0.3 is 5.97 Å². The van der Waals surface area contributed by atoms with Gasteiger partial charge in [-0.25, -0.2) is 0 Å². The van der Waals surface area contributed by atoms with Crippen molar-refractivity contribution in [3.8, 4) is 0 Å². The molecular formula is C9H13NO2S2. The molecule has 1 aromatic rings. The van der Waals surface area contributed by atoms with Crippen LogP contribution in [0.5, 0.6) is 0 Å². The van der Waals surface area contributed by atoms with Crippen LogP contribution in [0.25, 0.3) is 0 Å². The lowest BCUT2D eigenvalue weighted by atomic mass is 10.3. The summed E-state index contributed by atoms with van der Waals surface area (Å²) in [5.41, 5.74) is 0. The summed E-state index contributed by atoms with van der Waals surface area (Å²) in [5, 5.41) is 4.95. The second kappa shape index (κ2) is 6.06. The van der Waals surface area contributed by atoms with E-state index in [1.807, 2.05) is 17.5 Å². The van der Waals surface area contributed by atoms with Gasteiger partial charge in [-0.05, 0) is 18.5 Å². The fourth-order valence-electron chi connectivity index (χ4n) is 0.923. The van der Waals surface area contributed by atoms with Crippen molar-refractivity contribution in [3.05, 3.63) is 17.5 Å². The summed E-state index contributed by atoms with van der Waals surface area (Å²) in [7, 11) is 3.17. The normalized spacial score (nSPS) is 12.4. The molecule has 0 radical (unpaired) electrons. The summed E-state index contributed by atoms with van der Waals surface area (Å²) in [4.78, 5) is 11.2. The first-order chi connectivity index (χ1) is 6.77. The minimum Gasteiger partial charge on any atom is -0.468 e. The zero-order valence-corrected chi connectivity index (χ0v) is 9.78. The van der Waals surface area contributed by atoms with Gasteiger partial charge in [-0.3, -0.25) is 4.79 Å². The number of ether oxygens (including phenoxy) is 1. The molecule has 0 aliphatic rings. The molecule has 1 atom stereocenters. The zero-order valence-electron chi connectivity index (χ0n) is 8.15. The van der Waals surface area contributed by atoms with Crippen LogP contribution in [0, 0.1) is 0 Å². The maximum Gasteiger partial charge on any atom is 0.323 e. The Morgan fingerprint density at radius 1 is 1.79 bits per heavy atom. The number of hydrogen-bond acceptors (Lipinski definition) is 5. The molecule has 0 saturated carbocycles. The molecule has 0 spiro atoms. The van der Waals surface area contributed by atoms with Gasteiger partial charge in [0.25, 0.3) is 0 Å². The molecule has 78 valence electrons. The molecule has 1 aromatic heterocycles. The monoisotopic (exact) mass is 231 g/mol. The van der Waals surface area contributed by atoms with Crippen molar-refractivity contribution < 1.29 is 9.53 Å². The first-order valence-corrected chi connectivity index (χ1v) is 6.06. The van der Waals surface area contributed by atoms with Gasteiger partial charge in [0, 0.05) is 5.75 Å². The van der Waals surface area contributed by atoms with Gasteiger partial charge in [-0.2, -0.15) is 0 Å². The number of hydrogen-bond donors (Lipinski definition) is 1. The fourth-order valence-corrected chi connectivity index (χ4v) is 2.82. The van der Waals surface area contributed by atoms with Crippen LogP contribution in [-0.2, 0) is 9.53 Å². The second-order valence-corrected chi connectivity index (χ2v) is 4.88. The van der Waals surface area contributed by atoms with E-state index in [1.54, 1.807) is 30.1 Å². The average Bonchev–Trinajstić information content (AvgIpc) is 2.71. The van der Waals surface area contributed by atoms with E-state index in [9.17, 15) is 4.79 Å². The molecule has 1 N–H and O–H groups in total. The van der Waals surface area contributed by atoms with Crippen LogP contribution >= 0.6 is 23.1 Å². The molecule has 3 nitrogen and oxygen atoms in total. The number of carbonyl (C=O) groups is 1. The van der Waals surface area contributed by atoms with Gasteiger partial charge in [-0.15, -0.1) is 23.1 Å². The van der Waals surface area contributed by atoms with Crippen LogP contribution in [0.2, 0.25) is 0 Å². The van der Waals surface area contributed by atoms with E-state index in [2.05, 4.69) is 10.1 Å². The predicted octanol–water partition coefficient (Wildman–Crippen LogP) is 1.60. The van der Waals surface area contributed by atoms with Crippen LogP contribution in [0.3, 0.4) is 0 Å². The lowest BCUT2D eigenvalue weighted by Crippen LogP contribution is -2.37. The Hall–Kier alpha value is -0.520. The molecule has 0 amide bonds.